The Hall–Kier alpha value is -0.0400. The lowest BCUT2D eigenvalue weighted by Gasteiger charge is -2.51. The van der Waals surface area contributed by atoms with Crippen molar-refractivity contribution >= 4 is 0 Å². The minimum absolute atomic E-state index is 1.02. The van der Waals surface area contributed by atoms with Gasteiger partial charge in [-0.2, -0.15) is 0 Å². The van der Waals surface area contributed by atoms with Gasteiger partial charge in [0.25, 0.3) is 0 Å². The summed E-state index contributed by atoms with van der Waals surface area (Å²) in [5, 5.41) is 0. The van der Waals surface area contributed by atoms with E-state index in [1.54, 1.807) is 38.5 Å². The minimum atomic E-state index is 1.02. The Labute approximate surface area is 99.6 Å². The predicted molar refractivity (Wildman–Crippen MR) is 66.3 cm³/mol. The molecule has 4 bridgehead atoms. The molecule has 0 aromatic heterocycles. The van der Waals surface area contributed by atoms with Gasteiger partial charge in [0.15, 0.2) is 0 Å². The Balaban J connectivity index is 1.57. The second-order valence-electron chi connectivity index (χ2n) is 6.89. The quantitative estimate of drug-likeness (QED) is 0.654. The Bertz CT molecular complexity index is 251. The molecule has 3 aliphatic heterocycles. The molecule has 5 aliphatic rings. The number of nitrogens with zero attached hydrogens (tertiary/aromatic N) is 1. The van der Waals surface area contributed by atoms with Gasteiger partial charge in [0.1, 0.15) is 0 Å². The molecule has 5 fully saturated rings. The fraction of sp³-hybridized carbons (Fsp3) is 1.00. The first-order chi connectivity index (χ1) is 7.92. The summed E-state index contributed by atoms with van der Waals surface area (Å²) in [6.45, 7) is 2.87. The fourth-order valence-electron chi connectivity index (χ4n) is 5.55. The lowest BCUT2D eigenvalue weighted by molar-refractivity contribution is -0.0150. The van der Waals surface area contributed by atoms with E-state index in [1.165, 1.54) is 25.9 Å². The van der Waals surface area contributed by atoms with E-state index in [-0.39, 0.29) is 0 Å². The predicted octanol–water partition coefficient (Wildman–Crippen LogP) is 3.30. The van der Waals surface area contributed by atoms with Crippen molar-refractivity contribution in [1.29, 1.82) is 0 Å². The molecule has 1 heteroatoms. The van der Waals surface area contributed by atoms with Crippen LogP contribution in [0.25, 0.3) is 0 Å². The van der Waals surface area contributed by atoms with Gasteiger partial charge >= 0.3 is 0 Å². The molecule has 3 atom stereocenters. The highest BCUT2D eigenvalue weighted by molar-refractivity contribution is 5.00. The largest absolute Gasteiger partial charge is 0.300 e. The zero-order valence-corrected chi connectivity index (χ0v) is 10.4. The maximum atomic E-state index is 2.88. The molecule has 0 N–H and O–H groups in total. The smallest absolute Gasteiger partial charge is 0.0131 e. The molecule has 3 unspecified atom stereocenters. The van der Waals surface area contributed by atoms with Gasteiger partial charge in [-0.15, -0.1) is 0 Å². The van der Waals surface area contributed by atoms with Crippen molar-refractivity contribution in [3.8, 4) is 0 Å². The molecular weight excluding hydrogens is 194 g/mol. The molecule has 2 aliphatic carbocycles. The van der Waals surface area contributed by atoms with Crippen LogP contribution in [0.5, 0.6) is 0 Å². The van der Waals surface area contributed by atoms with Gasteiger partial charge in [-0.25, -0.2) is 0 Å². The summed E-state index contributed by atoms with van der Waals surface area (Å²) < 4.78 is 0. The molecule has 16 heavy (non-hydrogen) atoms. The summed E-state index contributed by atoms with van der Waals surface area (Å²) >= 11 is 0. The van der Waals surface area contributed by atoms with E-state index in [2.05, 4.69) is 4.90 Å². The van der Waals surface area contributed by atoms with Crippen LogP contribution in [0.15, 0.2) is 0 Å². The highest BCUT2D eigenvalue weighted by atomic mass is 15.2. The van der Waals surface area contributed by atoms with Gasteiger partial charge in [0, 0.05) is 6.04 Å². The van der Waals surface area contributed by atoms with E-state index in [0.717, 1.165) is 29.7 Å². The molecule has 1 nitrogen and oxygen atoms in total. The highest BCUT2D eigenvalue weighted by Gasteiger charge is 2.47. The van der Waals surface area contributed by atoms with Gasteiger partial charge in [-0.05, 0) is 68.9 Å². The number of hydrogen-bond donors (Lipinski definition) is 0. The van der Waals surface area contributed by atoms with Gasteiger partial charge < -0.3 is 4.90 Å². The average Bonchev–Trinajstić information content (AvgIpc) is 2.60. The molecule has 0 aromatic carbocycles. The Morgan fingerprint density at radius 2 is 1.44 bits per heavy atom. The molecule has 3 heterocycles. The van der Waals surface area contributed by atoms with Crippen molar-refractivity contribution in [1.82, 2.24) is 4.90 Å². The van der Waals surface area contributed by atoms with Crippen molar-refractivity contribution in [2.45, 2.75) is 57.4 Å². The van der Waals surface area contributed by atoms with Crippen LogP contribution < -0.4 is 0 Å². The van der Waals surface area contributed by atoms with Gasteiger partial charge in [0.2, 0.25) is 0 Å². The third kappa shape index (κ3) is 1.40. The molecule has 5 rings (SSSR count). The number of rotatable bonds is 1. The van der Waals surface area contributed by atoms with E-state index < -0.39 is 0 Å². The zero-order chi connectivity index (χ0) is 10.5. The standard InChI is InChI=1S/C15H25N/c1-2-12-4-5-13(3-1)15(12)14-10-11-6-8-16(14)9-7-11/h11-15H,1-10H2. The summed E-state index contributed by atoms with van der Waals surface area (Å²) in [7, 11) is 0. The molecule has 2 saturated carbocycles. The number of hydrogen-bond acceptors (Lipinski definition) is 1. The lowest BCUT2D eigenvalue weighted by Crippen LogP contribution is -2.54. The SMILES string of the molecule is C1CC2CCC(C1)C2C1CC2CCN1CC2. The first kappa shape index (κ1) is 9.94. The van der Waals surface area contributed by atoms with Crippen LogP contribution in [0.3, 0.4) is 0 Å². The van der Waals surface area contributed by atoms with Crippen LogP contribution in [-0.2, 0) is 0 Å². The van der Waals surface area contributed by atoms with Crippen molar-refractivity contribution in [3.05, 3.63) is 0 Å². The van der Waals surface area contributed by atoms with Crippen LogP contribution in [0.2, 0.25) is 0 Å². The van der Waals surface area contributed by atoms with Crippen LogP contribution in [-0.4, -0.2) is 24.0 Å². The molecule has 0 aromatic rings. The second kappa shape index (κ2) is 3.73. The minimum Gasteiger partial charge on any atom is -0.300 e. The summed E-state index contributed by atoms with van der Waals surface area (Å²) in [6, 6.07) is 1.02. The van der Waals surface area contributed by atoms with Gasteiger partial charge in [-0.3, -0.25) is 0 Å². The van der Waals surface area contributed by atoms with Crippen LogP contribution in [0, 0.1) is 23.7 Å². The number of fused-ring (bicyclic) bond motifs is 6. The van der Waals surface area contributed by atoms with E-state index in [1.807, 2.05) is 0 Å². The van der Waals surface area contributed by atoms with E-state index >= 15 is 0 Å². The molecule has 3 saturated heterocycles. The van der Waals surface area contributed by atoms with E-state index in [0.29, 0.717) is 0 Å². The summed E-state index contributed by atoms with van der Waals surface area (Å²) in [5.41, 5.74) is 0. The summed E-state index contributed by atoms with van der Waals surface area (Å²) in [4.78, 5) is 2.88. The highest BCUT2D eigenvalue weighted by Crippen LogP contribution is 2.52. The van der Waals surface area contributed by atoms with Crippen LogP contribution >= 0.6 is 0 Å². The third-order valence-electron chi connectivity index (χ3n) is 6.28. The normalized spacial score (nSPS) is 55.5. The van der Waals surface area contributed by atoms with Crippen molar-refractivity contribution < 1.29 is 0 Å². The fourth-order valence-corrected chi connectivity index (χ4v) is 5.55. The van der Waals surface area contributed by atoms with E-state index in [4.69, 9.17) is 0 Å². The Kier molecular flexibility index (Phi) is 2.32. The zero-order valence-electron chi connectivity index (χ0n) is 10.4. The maximum absolute atomic E-state index is 2.88. The van der Waals surface area contributed by atoms with Crippen molar-refractivity contribution in [3.63, 3.8) is 0 Å². The van der Waals surface area contributed by atoms with Gasteiger partial charge in [-0.1, -0.05) is 19.3 Å². The van der Waals surface area contributed by atoms with Crippen molar-refractivity contribution in [2.24, 2.45) is 23.7 Å². The lowest BCUT2D eigenvalue weighted by atomic mass is 9.68. The summed E-state index contributed by atoms with van der Waals surface area (Å²) in [6.07, 6.45) is 12.4. The first-order valence-electron chi connectivity index (χ1n) is 7.66. The van der Waals surface area contributed by atoms with E-state index in [9.17, 15) is 0 Å². The molecule has 0 spiro atoms. The molecule has 0 amide bonds. The maximum Gasteiger partial charge on any atom is 0.0131 e. The number of piperidine rings is 3. The third-order valence-corrected chi connectivity index (χ3v) is 6.28. The Morgan fingerprint density at radius 1 is 0.750 bits per heavy atom. The Morgan fingerprint density at radius 3 is 2.00 bits per heavy atom. The first-order valence-corrected chi connectivity index (χ1v) is 7.66. The summed E-state index contributed by atoms with van der Waals surface area (Å²) in [5.74, 6) is 4.49. The van der Waals surface area contributed by atoms with Crippen LogP contribution in [0.4, 0.5) is 0 Å². The van der Waals surface area contributed by atoms with Crippen LogP contribution in [0.1, 0.15) is 51.4 Å². The monoisotopic (exact) mass is 219 g/mol. The topological polar surface area (TPSA) is 3.24 Å². The average molecular weight is 219 g/mol. The van der Waals surface area contributed by atoms with Gasteiger partial charge in [0.05, 0.1) is 0 Å². The van der Waals surface area contributed by atoms with Crippen molar-refractivity contribution in [2.75, 3.05) is 13.1 Å². The molecule has 90 valence electrons. The molecule has 0 radical (unpaired) electrons. The second-order valence-corrected chi connectivity index (χ2v) is 6.89. The molecular formula is C15H25N.